The van der Waals surface area contributed by atoms with E-state index in [1.54, 1.807) is 0 Å². The van der Waals surface area contributed by atoms with Crippen molar-refractivity contribution in [2.24, 2.45) is 0 Å². The smallest absolute Gasteiger partial charge is 0.0610 e. The number of rotatable bonds is 9. The second-order valence-corrected chi connectivity index (χ2v) is 6.57. The van der Waals surface area contributed by atoms with Crippen molar-refractivity contribution >= 4 is 23.4 Å². The first-order chi connectivity index (χ1) is 9.09. The van der Waals surface area contributed by atoms with Crippen molar-refractivity contribution < 1.29 is 5.11 Å². The van der Waals surface area contributed by atoms with Crippen molar-refractivity contribution in [3.05, 3.63) is 34.9 Å². The molecule has 0 bridgehead atoms. The molecule has 1 atom stereocenters. The van der Waals surface area contributed by atoms with Gasteiger partial charge in [0.15, 0.2) is 0 Å². The predicted octanol–water partition coefficient (Wildman–Crippen LogP) is 3.71. The number of halogens is 1. The van der Waals surface area contributed by atoms with Crippen molar-refractivity contribution in [3.8, 4) is 0 Å². The van der Waals surface area contributed by atoms with E-state index in [1.165, 1.54) is 5.56 Å². The lowest BCUT2D eigenvalue weighted by molar-refractivity contribution is 0.167. The van der Waals surface area contributed by atoms with Gasteiger partial charge in [0.2, 0.25) is 0 Å². The molecular formula is C15H24ClNOS. The van der Waals surface area contributed by atoms with Crippen LogP contribution >= 0.6 is 23.4 Å². The fourth-order valence-electron chi connectivity index (χ4n) is 1.99. The monoisotopic (exact) mass is 301 g/mol. The molecule has 0 saturated carbocycles. The Morgan fingerprint density at radius 1 is 1.32 bits per heavy atom. The van der Waals surface area contributed by atoms with Gasteiger partial charge in [-0.2, -0.15) is 11.8 Å². The second kappa shape index (κ2) is 8.85. The van der Waals surface area contributed by atoms with Gasteiger partial charge in [-0.05, 0) is 49.8 Å². The van der Waals surface area contributed by atoms with Crippen LogP contribution in [-0.4, -0.2) is 29.5 Å². The highest BCUT2D eigenvalue weighted by Gasteiger charge is 2.20. The van der Waals surface area contributed by atoms with Crippen molar-refractivity contribution in [3.63, 3.8) is 0 Å². The number of hydrogen-bond acceptors (Lipinski definition) is 3. The van der Waals surface area contributed by atoms with Gasteiger partial charge in [0, 0.05) is 16.3 Å². The average molecular weight is 302 g/mol. The summed E-state index contributed by atoms with van der Waals surface area (Å²) >= 11 is 7.78. The van der Waals surface area contributed by atoms with Gasteiger partial charge < -0.3 is 10.4 Å². The Bertz CT molecular complexity index is 358. The van der Waals surface area contributed by atoms with E-state index in [9.17, 15) is 5.11 Å². The molecule has 1 rings (SSSR count). The minimum atomic E-state index is -0.129. The predicted molar refractivity (Wildman–Crippen MR) is 86.0 cm³/mol. The fraction of sp³-hybridized carbons (Fsp3) is 0.600. The first-order valence-corrected chi connectivity index (χ1v) is 8.31. The van der Waals surface area contributed by atoms with E-state index >= 15 is 0 Å². The van der Waals surface area contributed by atoms with Gasteiger partial charge in [0.25, 0.3) is 0 Å². The van der Waals surface area contributed by atoms with Crippen LogP contribution in [0.3, 0.4) is 0 Å². The van der Waals surface area contributed by atoms with Crippen molar-refractivity contribution in [2.45, 2.75) is 38.0 Å². The van der Waals surface area contributed by atoms with Crippen LogP contribution in [-0.2, 0) is 5.75 Å². The first kappa shape index (κ1) is 16.8. The Kier molecular flexibility index (Phi) is 7.84. The van der Waals surface area contributed by atoms with Crippen LogP contribution in [0.25, 0.3) is 0 Å². The molecule has 2 nitrogen and oxygen atoms in total. The molecule has 2 N–H and O–H groups in total. The Morgan fingerprint density at radius 2 is 2.00 bits per heavy atom. The van der Waals surface area contributed by atoms with Gasteiger partial charge in [-0.15, -0.1) is 0 Å². The number of nitrogens with one attached hydrogen (secondary N) is 1. The van der Waals surface area contributed by atoms with Crippen LogP contribution < -0.4 is 5.32 Å². The fourth-order valence-corrected chi connectivity index (χ4v) is 3.03. The molecule has 4 heteroatoms. The summed E-state index contributed by atoms with van der Waals surface area (Å²) in [6, 6.07) is 8.02. The maximum atomic E-state index is 9.40. The van der Waals surface area contributed by atoms with Gasteiger partial charge in [-0.3, -0.25) is 0 Å². The van der Waals surface area contributed by atoms with Gasteiger partial charge in [-0.25, -0.2) is 0 Å². The van der Waals surface area contributed by atoms with Crippen LogP contribution in [0.4, 0.5) is 0 Å². The summed E-state index contributed by atoms with van der Waals surface area (Å²) in [7, 11) is 0. The molecule has 0 spiro atoms. The summed E-state index contributed by atoms with van der Waals surface area (Å²) in [5.74, 6) is 2.14. The Morgan fingerprint density at radius 3 is 2.58 bits per heavy atom. The molecule has 19 heavy (non-hydrogen) atoms. The van der Waals surface area contributed by atoms with Crippen LogP contribution in [0.15, 0.2) is 24.3 Å². The van der Waals surface area contributed by atoms with Crippen LogP contribution in [0.5, 0.6) is 0 Å². The van der Waals surface area contributed by atoms with E-state index in [4.69, 9.17) is 11.6 Å². The number of hydrogen-bond donors (Lipinski definition) is 2. The van der Waals surface area contributed by atoms with Gasteiger partial charge in [0.05, 0.1) is 6.61 Å². The number of aliphatic hydroxyl groups excluding tert-OH is 1. The molecule has 0 amide bonds. The zero-order valence-electron chi connectivity index (χ0n) is 11.8. The molecule has 0 heterocycles. The van der Waals surface area contributed by atoms with E-state index in [1.807, 2.05) is 23.9 Å². The molecular weight excluding hydrogens is 278 g/mol. The standard InChI is InChI=1S/C15H24ClNOS/c1-3-17-15(2,12-18)9-4-10-19-11-13-5-7-14(16)8-6-13/h5-8,17-18H,3-4,9-12H2,1-2H3. The average Bonchev–Trinajstić information content (AvgIpc) is 2.41. The Hall–Kier alpha value is -0.220. The third-order valence-corrected chi connectivity index (χ3v) is 4.52. The highest BCUT2D eigenvalue weighted by atomic mass is 35.5. The third-order valence-electron chi connectivity index (χ3n) is 3.15. The molecule has 1 unspecified atom stereocenters. The molecule has 0 aliphatic rings. The molecule has 0 fully saturated rings. The lowest BCUT2D eigenvalue weighted by Gasteiger charge is -2.28. The highest BCUT2D eigenvalue weighted by molar-refractivity contribution is 7.98. The molecule has 1 aromatic rings. The summed E-state index contributed by atoms with van der Waals surface area (Å²) in [4.78, 5) is 0. The summed E-state index contributed by atoms with van der Waals surface area (Å²) in [5, 5.41) is 13.5. The first-order valence-electron chi connectivity index (χ1n) is 6.78. The van der Waals surface area contributed by atoms with Crippen molar-refractivity contribution in [1.82, 2.24) is 5.32 Å². The van der Waals surface area contributed by atoms with E-state index in [2.05, 4.69) is 31.3 Å². The molecule has 0 aliphatic carbocycles. The molecule has 0 aliphatic heterocycles. The minimum Gasteiger partial charge on any atom is -0.394 e. The van der Waals surface area contributed by atoms with Crippen LogP contribution in [0, 0.1) is 0 Å². The maximum absolute atomic E-state index is 9.40. The van der Waals surface area contributed by atoms with Crippen LogP contribution in [0.2, 0.25) is 5.02 Å². The lowest BCUT2D eigenvalue weighted by Crippen LogP contribution is -2.45. The summed E-state index contributed by atoms with van der Waals surface area (Å²) in [6.45, 7) is 5.25. The topological polar surface area (TPSA) is 32.3 Å². The number of likely N-dealkylation sites (N-methyl/N-ethyl adjacent to an activating group) is 1. The zero-order chi connectivity index (χ0) is 14.1. The maximum Gasteiger partial charge on any atom is 0.0610 e. The van der Waals surface area contributed by atoms with E-state index in [0.717, 1.165) is 35.9 Å². The van der Waals surface area contributed by atoms with Gasteiger partial charge in [-0.1, -0.05) is 30.7 Å². The van der Waals surface area contributed by atoms with Crippen molar-refractivity contribution in [2.75, 3.05) is 18.9 Å². The minimum absolute atomic E-state index is 0.129. The highest BCUT2D eigenvalue weighted by Crippen LogP contribution is 2.19. The van der Waals surface area contributed by atoms with E-state index in [0.29, 0.717) is 0 Å². The van der Waals surface area contributed by atoms with E-state index < -0.39 is 0 Å². The Balaban J connectivity index is 2.18. The molecule has 0 saturated heterocycles. The Labute approximate surface area is 125 Å². The molecule has 108 valence electrons. The molecule has 1 aromatic carbocycles. The lowest BCUT2D eigenvalue weighted by atomic mass is 9.97. The van der Waals surface area contributed by atoms with E-state index in [-0.39, 0.29) is 12.1 Å². The summed E-state index contributed by atoms with van der Waals surface area (Å²) in [6.07, 6.45) is 2.12. The van der Waals surface area contributed by atoms with Crippen LogP contribution in [0.1, 0.15) is 32.3 Å². The number of benzene rings is 1. The molecule has 0 radical (unpaired) electrons. The number of aliphatic hydroxyl groups is 1. The quantitative estimate of drug-likeness (QED) is 0.682. The summed E-state index contributed by atoms with van der Waals surface area (Å²) < 4.78 is 0. The number of thioether (sulfide) groups is 1. The normalized spacial score (nSPS) is 14.3. The third kappa shape index (κ3) is 6.66. The molecule has 0 aromatic heterocycles. The van der Waals surface area contributed by atoms with Gasteiger partial charge >= 0.3 is 0 Å². The SMILES string of the molecule is CCNC(C)(CO)CCCSCc1ccc(Cl)cc1. The van der Waals surface area contributed by atoms with Gasteiger partial charge in [0.1, 0.15) is 0 Å². The summed E-state index contributed by atoms with van der Waals surface area (Å²) in [5.41, 5.74) is 1.18. The zero-order valence-corrected chi connectivity index (χ0v) is 13.4. The second-order valence-electron chi connectivity index (χ2n) is 5.03. The van der Waals surface area contributed by atoms with Crippen molar-refractivity contribution in [1.29, 1.82) is 0 Å². The largest absolute Gasteiger partial charge is 0.394 e.